The van der Waals surface area contributed by atoms with E-state index in [1.54, 1.807) is 27.4 Å². The second kappa shape index (κ2) is 6.30. The first-order valence-corrected chi connectivity index (χ1v) is 6.24. The topological polar surface area (TPSA) is 47.9 Å². The maximum atomic E-state index is 9.63. The molecule has 0 heterocycles. The van der Waals surface area contributed by atoms with Crippen LogP contribution in [0.1, 0.15) is 5.56 Å². The number of aliphatic hydroxyl groups excluding tert-OH is 1. The summed E-state index contributed by atoms with van der Waals surface area (Å²) in [5, 5.41) is 9.63. The van der Waals surface area contributed by atoms with Gasteiger partial charge in [-0.15, -0.1) is 0 Å². The molecule has 0 aromatic heterocycles. The van der Waals surface area contributed by atoms with Gasteiger partial charge < -0.3 is 19.3 Å². The Bertz CT molecular complexity index is 579. The van der Waals surface area contributed by atoms with E-state index < -0.39 is 0 Å². The van der Waals surface area contributed by atoms with Crippen molar-refractivity contribution in [1.29, 1.82) is 0 Å². The summed E-state index contributed by atoms with van der Waals surface area (Å²) >= 11 is 0. The molecule has 2 aromatic carbocycles. The van der Waals surface area contributed by atoms with Gasteiger partial charge >= 0.3 is 0 Å². The molecule has 0 spiro atoms. The maximum Gasteiger partial charge on any atom is 0.203 e. The molecule has 0 aliphatic heterocycles. The number of hydrogen-bond acceptors (Lipinski definition) is 4. The van der Waals surface area contributed by atoms with Crippen molar-refractivity contribution in [3.05, 3.63) is 42.0 Å². The van der Waals surface area contributed by atoms with Crippen LogP contribution in [0.4, 0.5) is 0 Å². The van der Waals surface area contributed by atoms with Crippen LogP contribution in [0.15, 0.2) is 36.4 Å². The third-order valence-corrected chi connectivity index (χ3v) is 3.14. The number of ether oxygens (including phenoxy) is 3. The molecule has 4 nitrogen and oxygen atoms in total. The Hall–Kier alpha value is -2.20. The highest BCUT2D eigenvalue weighted by Gasteiger charge is 2.21. The highest BCUT2D eigenvalue weighted by atomic mass is 16.5. The molecule has 0 fully saturated rings. The molecule has 0 radical (unpaired) electrons. The Kier molecular flexibility index (Phi) is 4.48. The summed E-state index contributed by atoms with van der Waals surface area (Å²) in [5.74, 6) is 1.61. The van der Waals surface area contributed by atoms with Crippen molar-refractivity contribution in [2.75, 3.05) is 21.3 Å². The lowest BCUT2D eigenvalue weighted by Crippen LogP contribution is -2.01. The molecule has 2 rings (SSSR count). The Morgan fingerprint density at radius 1 is 0.900 bits per heavy atom. The number of methoxy groups -OCH3 is 3. The molecule has 0 aliphatic carbocycles. The highest BCUT2D eigenvalue weighted by Crippen LogP contribution is 2.46. The van der Waals surface area contributed by atoms with E-state index in [0.29, 0.717) is 17.2 Å². The van der Waals surface area contributed by atoms with Crippen molar-refractivity contribution in [2.45, 2.75) is 6.61 Å². The molecule has 2 aromatic rings. The van der Waals surface area contributed by atoms with E-state index in [9.17, 15) is 5.11 Å². The fourth-order valence-electron chi connectivity index (χ4n) is 2.25. The first-order chi connectivity index (χ1) is 9.76. The van der Waals surface area contributed by atoms with Gasteiger partial charge in [0.1, 0.15) is 0 Å². The van der Waals surface area contributed by atoms with E-state index >= 15 is 0 Å². The fraction of sp³-hybridized carbons (Fsp3) is 0.250. The largest absolute Gasteiger partial charge is 0.493 e. The van der Waals surface area contributed by atoms with Crippen LogP contribution < -0.4 is 14.2 Å². The van der Waals surface area contributed by atoms with Crippen molar-refractivity contribution in [3.63, 3.8) is 0 Å². The van der Waals surface area contributed by atoms with Gasteiger partial charge in [-0.2, -0.15) is 0 Å². The van der Waals surface area contributed by atoms with E-state index in [0.717, 1.165) is 16.7 Å². The van der Waals surface area contributed by atoms with Crippen LogP contribution in [-0.4, -0.2) is 26.4 Å². The molecule has 0 bridgehead atoms. The van der Waals surface area contributed by atoms with Gasteiger partial charge in [-0.3, -0.25) is 0 Å². The van der Waals surface area contributed by atoms with Crippen LogP contribution in [-0.2, 0) is 6.61 Å². The standard InChI is InChI=1S/C16H18O4/c1-18-13-9-12(10-17)14(11-7-5-4-6-8-11)16(20-3)15(13)19-2/h4-9,17H,10H2,1-3H3. The van der Waals surface area contributed by atoms with Crippen LogP contribution in [0.2, 0.25) is 0 Å². The molecule has 0 amide bonds. The highest BCUT2D eigenvalue weighted by molar-refractivity contribution is 5.79. The number of hydrogen-bond donors (Lipinski definition) is 1. The third kappa shape index (κ3) is 2.42. The second-order valence-corrected chi connectivity index (χ2v) is 4.20. The first-order valence-electron chi connectivity index (χ1n) is 6.24. The second-order valence-electron chi connectivity index (χ2n) is 4.20. The molecule has 20 heavy (non-hydrogen) atoms. The van der Waals surface area contributed by atoms with Crippen molar-refractivity contribution in [2.24, 2.45) is 0 Å². The molecule has 0 atom stereocenters. The predicted octanol–water partition coefficient (Wildman–Crippen LogP) is 2.87. The molecular weight excluding hydrogens is 256 g/mol. The Balaban J connectivity index is 2.77. The van der Waals surface area contributed by atoms with Crippen molar-refractivity contribution in [3.8, 4) is 28.4 Å². The molecule has 4 heteroatoms. The first kappa shape index (κ1) is 14.2. The normalized spacial score (nSPS) is 10.2. The lowest BCUT2D eigenvalue weighted by atomic mass is 9.97. The van der Waals surface area contributed by atoms with E-state index in [2.05, 4.69) is 0 Å². The molecule has 0 saturated carbocycles. The van der Waals surface area contributed by atoms with E-state index in [-0.39, 0.29) is 6.61 Å². The minimum absolute atomic E-state index is 0.110. The summed E-state index contributed by atoms with van der Waals surface area (Å²) in [7, 11) is 4.69. The predicted molar refractivity (Wildman–Crippen MR) is 77.5 cm³/mol. The van der Waals surface area contributed by atoms with E-state index in [1.165, 1.54) is 0 Å². The lowest BCUT2D eigenvalue weighted by molar-refractivity contribution is 0.278. The quantitative estimate of drug-likeness (QED) is 0.910. The molecule has 1 N–H and O–H groups in total. The third-order valence-electron chi connectivity index (χ3n) is 3.14. The minimum atomic E-state index is -0.110. The van der Waals surface area contributed by atoms with Crippen LogP contribution in [0, 0.1) is 0 Å². The molecule has 0 saturated heterocycles. The zero-order valence-electron chi connectivity index (χ0n) is 11.8. The molecule has 106 valence electrons. The van der Waals surface area contributed by atoms with Gasteiger partial charge in [0.2, 0.25) is 5.75 Å². The number of rotatable bonds is 5. The van der Waals surface area contributed by atoms with Crippen LogP contribution in [0.25, 0.3) is 11.1 Å². The van der Waals surface area contributed by atoms with Gasteiger partial charge in [0.05, 0.1) is 27.9 Å². The Morgan fingerprint density at radius 2 is 1.55 bits per heavy atom. The van der Waals surface area contributed by atoms with Gasteiger partial charge in [-0.05, 0) is 17.2 Å². The van der Waals surface area contributed by atoms with Gasteiger partial charge in [0.25, 0.3) is 0 Å². The fourth-order valence-corrected chi connectivity index (χ4v) is 2.25. The Labute approximate surface area is 118 Å². The number of aliphatic hydroxyl groups is 1. The minimum Gasteiger partial charge on any atom is -0.493 e. The van der Waals surface area contributed by atoms with Crippen LogP contribution >= 0.6 is 0 Å². The summed E-state index contributed by atoms with van der Waals surface area (Å²) in [6.45, 7) is -0.110. The van der Waals surface area contributed by atoms with E-state index in [1.807, 2.05) is 30.3 Å². The van der Waals surface area contributed by atoms with Gasteiger partial charge in [-0.25, -0.2) is 0 Å². The summed E-state index contributed by atoms with van der Waals surface area (Å²) < 4.78 is 16.2. The zero-order chi connectivity index (χ0) is 14.5. The van der Waals surface area contributed by atoms with Gasteiger partial charge in [-0.1, -0.05) is 30.3 Å². The van der Waals surface area contributed by atoms with Crippen molar-refractivity contribution >= 4 is 0 Å². The summed E-state index contributed by atoms with van der Waals surface area (Å²) in [4.78, 5) is 0. The smallest absolute Gasteiger partial charge is 0.203 e. The van der Waals surface area contributed by atoms with Crippen LogP contribution in [0.3, 0.4) is 0 Å². The molecule has 0 unspecified atom stereocenters. The van der Waals surface area contributed by atoms with Crippen molar-refractivity contribution < 1.29 is 19.3 Å². The van der Waals surface area contributed by atoms with Gasteiger partial charge in [0, 0.05) is 5.56 Å². The Morgan fingerprint density at radius 3 is 2.05 bits per heavy atom. The molecule has 0 aliphatic rings. The SMILES string of the molecule is COc1cc(CO)c(-c2ccccc2)c(OC)c1OC. The maximum absolute atomic E-state index is 9.63. The van der Waals surface area contributed by atoms with E-state index in [4.69, 9.17) is 14.2 Å². The summed E-state index contributed by atoms with van der Waals surface area (Å²) in [6, 6.07) is 11.5. The monoisotopic (exact) mass is 274 g/mol. The molecular formula is C16H18O4. The van der Waals surface area contributed by atoms with Crippen molar-refractivity contribution in [1.82, 2.24) is 0 Å². The average molecular weight is 274 g/mol. The average Bonchev–Trinajstić information content (AvgIpc) is 2.53. The number of benzene rings is 2. The van der Waals surface area contributed by atoms with Crippen LogP contribution in [0.5, 0.6) is 17.2 Å². The summed E-state index contributed by atoms with van der Waals surface area (Å²) in [6.07, 6.45) is 0. The van der Waals surface area contributed by atoms with Gasteiger partial charge in [0.15, 0.2) is 11.5 Å². The zero-order valence-corrected chi connectivity index (χ0v) is 11.8. The summed E-state index contributed by atoms with van der Waals surface area (Å²) in [5.41, 5.74) is 2.49. The lowest BCUT2D eigenvalue weighted by Gasteiger charge is -2.19.